The maximum absolute atomic E-state index is 13.6. The Balaban J connectivity index is 2.18. The number of amides is 1. The van der Waals surface area contributed by atoms with Crippen LogP contribution in [0.3, 0.4) is 0 Å². The molecule has 0 aliphatic carbocycles. The van der Waals surface area contributed by atoms with Crippen molar-refractivity contribution in [2.45, 2.75) is 0 Å². The van der Waals surface area contributed by atoms with Crippen LogP contribution in [-0.4, -0.2) is 18.0 Å². The molecule has 0 bridgehead atoms. The number of aromatic nitrogens is 1. The van der Waals surface area contributed by atoms with Crippen molar-refractivity contribution in [3.05, 3.63) is 47.9 Å². The van der Waals surface area contributed by atoms with Crippen molar-refractivity contribution in [3.63, 3.8) is 0 Å². The van der Waals surface area contributed by atoms with Gasteiger partial charge in [-0.3, -0.25) is 4.79 Å². The third kappa shape index (κ3) is 3.01. The molecule has 0 fully saturated rings. The summed E-state index contributed by atoms with van der Waals surface area (Å²) in [4.78, 5) is 15.9. The first-order valence-electron chi connectivity index (χ1n) is 5.71. The molecule has 0 saturated heterocycles. The minimum Gasteiger partial charge on any atom is -0.497 e. The molecule has 1 heterocycles. The van der Waals surface area contributed by atoms with Crippen molar-refractivity contribution >= 4 is 17.4 Å². The number of hydrazine groups is 1. The second kappa shape index (κ2) is 5.98. The standard InChI is InChI=1S/C13H13FN4O2/c1-20-9-3-4-10(14)11(6-9)17-13(19)8-2-5-12(18-15)16-7-8/h2-7H,15H2,1H3,(H,16,18)(H,17,19). The molecular weight excluding hydrogens is 263 g/mol. The molecule has 2 aromatic rings. The van der Waals surface area contributed by atoms with Gasteiger partial charge >= 0.3 is 0 Å². The van der Waals surface area contributed by atoms with E-state index in [2.05, 4.69) is 15.7 Å². The highest BCUT2D eigenvalue weighted by atomic mass is 19.1. The van der Waals surface area contributed by atoms with Crippen LogP contribution in [-0.2, 0) is 0 Å². The predicted molar refractivity (Wildman–Crippen MR) is 73.0 cm³/mol. The van der Waals surface area contributed by atoms with Crippen molar-refractivity contribution in [2.24, 2.45) is 5.84 Å². The summed E-state index contributed by atoms with van der Waals surface area (Å²) in [6.45, 7) is 0. The molecule has 0 aliphatic rings. The van der Waals surface area contributed by atoms with Gasteiger partial charge in [0.05, 0.1) is 18.4 Å². The summed E-state index contributed by atoms with van der Waals surface area (Å²) in [6.07, 6.45) is 1.34. The van der Waals surface area contributed by atoms with E-state index in [4.69, 9.17) is 10.6 Å². The number of pyridine rings is 1. The number of methoxy groups -OCH3 is 1. The summed E-state index contributed by atoms with van der Waals surface area (Å²) in [5, 5.41) is 2.45. The van der Waals surface area contributed by atoms with E-state index in [9.17, 15) is 9.18 Å². The Hall–Kier alpha value is -2.67. The van der Waals surface area contributed by atoms with E-state index in [0.29, 0.717) is 11.6 Å². The number of ether oxygens (including phenoxy) is 1. The van der Waals surface area contributed by atoms with Crippen LogP contribution in [0.4, 0.5) is 15.9 Å². The molecule has 104 valence electrons. The van der Waals surface area contributed by atoms with Crippen LogP contribution >= 0.6 is 0 Å². The number of nitrogens with zero attached hydrogens (tertiary/aromatic N) is 1. The van der Waals surface area contributed by atoms with E-state index in [-0.39, 0.29) is 11.3 Å². The molecular formula is C13H13FN4O2. The largest absolute Gasteiger partial charge is 0.497 e. The molecule has 1 amide bonds. The molecule has 0 saturated carbocycles. The number of hydrogen-bond donors (Lipinski definition) is 3. The predicted octanol–water partition coefficient (Wildman–Crippen LogP) is 1.77. The van der Waals surface area contributed by atoms with Gasteiger partial charge in [-0.1, -0.05) is 0 Å². The number of rotatable bonds is 4. The van der Waals surface area contributed by atoms with Crippen LogP contribution in [0.25, 0.3) is 0 Å². The SMILES string of the molecule is COc1ccc(F)c(NC(=O)c2ccc(NN)nc2)c1. The molecule has 0 radical (unpaired) electrons. The van der Waals surface area contributed by atoms with Gasteiger partial charge in [0.25, 0.3) is 5.91 Å². The number of carbonyl (C=O) groups excluding carboxylic acids is 1. The monoisotopic (exact) mass is 276 g/mol. The Morgan fingerprint density at radius 2 is 2.15 bits per heavy atom. The molecule has 0 spiro atoms. The maximum atomic E-state index is 13.6. The van der Waals surface area contributed by atoms with E-state index in [1.165, 1.54) is 43.6 Å². The zero-order valence-electron chi connectivity index (χ0n) is 10.7. The number of nitrogen functional groups attached to an aromatic ring is 1. The van der Waals surface area contributed by atoms with Crippen LogP contribution in [0.2, 0.25) is 0 Å². The van der Waals surface area contributed by atoms with Gasteiger partial charge in [-0.15, -0.1) is 0 Å². The molecule has 20 heavy (non-hydrogen) atoms. The minimum absolute atomic E-state index is 0.0374. The van der Waals surface area contributed by atoms with Gasteiger partial charge in [0, 0.05) is 12.3 Å². The van der Waals surface area contributed by atoms with E-state index >= 15 is 0 Å². The van der Waals surface area contributed by atoms with Gasteiger partial charge in [-0.25, -0.2) is 15.2 Å². The van der Waals surface area contributed by atoms with Crippen LogP contribution in [0, 0.1) is 5.82 Å². The Morgan fingerprint density at radius 3 is 2.75 bits per heavy atom. The number of benzene rings is 1. The number of halogens is 1. The Morgan fingerprint density at radius 1 is 1.35 bits per heavy atom. The topological polar surface area (TPSA) is 89.3 Å². The van der Waals surface area contributed by atoms with E-state index in [1.807, 2.05) is 0 Å². The van der Waals surface area contributed by atoms with E-state index < -0.39 is 11.7 Å². The van der Waals surface area contributed by atoms with Gasteiger partial charge < -0.3 is 15.5 Å². The van der Waals surface area contributed by atoms with Gasteiger partial charge in [-0.05, 0) is 24.3 Å². The molecule has 1 aromatic carbocycles. The van der Waals surface area contributed by atoms with Crippen LogP contribution in [0.5, 0.6) is 5.75 Å². The lowest BCUT2D eigenvalue weighted by atomic mass is 10.2. The van der Waals surface area contributed by atoms with Gasteiger partial charge in [0.15, 0.2) is 0 Å². The first kappa shape index (κ1) is 13.8. The number of nitrogens with two attached hydrogens (primary N) is 1. The number of anilines is 2. The molecule has 4 N–H and O–H groups in total. The second-order valence-electron chi connectivity index (χ2n) is 3.88. The Bertz CT molecular complexity index is 616. The number of carbonyl (C=O) groups is 1. The smallest absolute Gasteiger partial charge is 0.257 e. The highest BCUT2D eigenvalue weighted by molar-refractivity contribution is 6.04. The molecule has 0 atom stereocenters. The zero-order valence-corrected chi connectivity index (χ0v) is 10.7. The Kier molecular flexibility index (Phi) is 4.11. The fraction of sp³-hybridized carbons (Fsp3) is 0.0769. The third-order valence-electron chi connectivity index (χ3n) is 2.60. The van der Waals surface area contributed by atoms with E-state index in [1.54, 1.807) is 0 Å². The van der Waals surface area contributed by atoms with Gasteiger partial charge in [0.2, 0.25) is 0 Å². The second-order valence-corrected chi connectivity index (χ2v) is 3.88. The van der Waals surface area contributed by atoms with Crippen molar-refractivity contribution in [1.29, 1.82) is 0 Å². The summed E-state index contributed by atoms with van der Waals surface area (Å²) in [7, 11) is 1.46. The summed E-state index contributed by atoms with van der Waals surface area (Å²) in [5.74, 6) is 5.02. The van der Waals surface area contributed by atoms with Crippen LogP contribution < -0.4 is 21.3 Å². The molecule has 2 rings (SSSR count). The molecule has 6 nitrogen and oxygen atoms in total. The minimum atomic E-state index is -0.549. The highest BCUT2D eigenvalue weighted by Crippen LogP contribution is 2.21. The zero-order chi connectivity index (χ0) is 14.5. The summed E-state index contributed by atoms with van der Waals surface area (Å²) < 4.78 is 18.6. The lowest BCUT2D eigenvalue weighted by Crippen LogP contribution is -2.14. The fourth-order valence-corrected chi connectivity index (χ4v) is 1.54. The highest BCUT2D eigenvalue weighted by Gasteiger charge is 2.10. The average Bonchev–Trinajstić information content (AvgIpc) is 2.49. The third-order valence-corrected chi connectivity index (χ3v) is 2.60. The van der Waals surface area contributed by atoms with Crippen molar-refractivity contribution in [2.75, 3.05) is 17.9 Å². The van der Waals surface area contributed by atoms with Crippen molar-refractivity contribution in [3.8, 4) is 5.75 Å². The Labute approximate surface area is 114 Å². The quantitative estimate of drug-likeness (QED) is 0.585. The number of nitrogens with one attached hydrogen (secondary N) is 2. The van der Waals surface area contributed by atoms with Crippen LogP contribution in [0.15, 0.2) is 36.5 Å². The molecule has 7 heteroatoms. The maximum Gasteiger partial charge on any atom is 0.257 e. The summed E-state index contributed by atoms with van der Waals surface area (Å²) in [5.41, 5.74) is 2.67. The summed E-state index contributed by atoms with van der Waals surface area (Å²) >= 11 is 0. The number of hydrogen-bond acceptors (Lipinski definition) is 5. The van der Waals surface area contributed by atoms with Gasteiger partial charge in [0.1, 0.15) is 17.4 Å². The van der Waals surface area contributed by atoms with Crippen LogP contribution in [0.1, 0.15) is 10.4 Å². The first-order valence-corrected chi connectivity index (χ1v) is 5.71. The van der Waals surface area contributed by atoms with Crippen molar-refractivity contribution in [1.82, 2.24) is 4.98 Å². The first-order chi connectivity index (χ1) is 9.63. The van der Waals surface area contributed by atoms with E-state index in [0.717, 1.165) is 0 Å². The summed E-state index contributed by atoms with van der Waals surface area (Å²) in [6, 6.07) is 7.14. The van der Waals surface area contributed by atoms with Gasteiger partial charge in [-0.2, -0.15) is 0 Å². The fourth-order valence-electron chi connectivity index (χ4n) is 1.54. The van der Waals surface area contributed by atoms with Crippen molar-refractivity contribution < 1.29 is 13.9 Å². The molecule has 0 unspecified atom stereocenters. The normalized spacial score (nSPS) is 9.95. The molecule has 0 aliphatic heterocycles. The average molecular weight is 276 g/mol. The lowest BCUT2D eigenvalue weighted by Gasteiger charge is -2.08. The molecule has 1 aromatic heterocycles. The lowest BCUT2D eigenvalue weighted by molar-refractivity contribution is 0.102.